The third-order valence-electron chi connectivity index (χ3n) is 17.5. The molecule has 0 amide bonds. The number of benzene rings is 6. The molecule has 12 aromatic rings. The normalized spacial score (nSPS) is 13.6. The second-order valence-electron chi connectivity index (χ2n) is 23.3. The van der Waals surface area contributed by atoms with Gasteiger partial charge in [-0.15, -0.1) is 0 Å². The molecule has 3 aliphatic rings. The van der Waals surface area contributed by atoms with Crippen LogP contribution in [0.5, 0.6) is 0 Å². The molecule has 0 saturated carbocycles. The zero-order chi connectivity index (χ0) is 59.5. The maximum absolute atomic E-state index is 6.25. The molecule has 6 aromatic heterocycles. The molecule has 0 spiro atoms. The Morgan fingerprint density at radius 1 is 0.360 bits per heavy atom. The van der Waals surface area contributed by atoms with Crippen molar-refractivity contribution in [3.05, 3.63) is 250 Å². The lowest BCUT2D eigenvalue weighted by atomic mass is 9.60. The summed E-state index contributed by atoms with van der Waals surface area (Å²) in [6.45, 7) is 18.2. The van der Waals surface area contributed by atoms with E-state index in [0.717, 1.165) is 44.5 Å². The fourth-order valence-corrected chi connectivity index (χ4v) is 13.4. The van der Waals surface area contributed by atoms with Crippen molar-refractivity contribution in [1.82, 2.24) is 0 Å². The van der Waals surface area contributed by atoms with Crippen molar-refractivity contribution < 1.29 is 27.0 Å². The van der Waals surface area contributed by atoms with Gasteiger partial charge in [-0.2, -0.15) is 0 Å². The highest BCUT2D eigenvalue weighted by atomic mass is 16.3. The number of rotatable bonds is 6. The number of nitrogens with zero attached hydrogens (tertiary/aromatic N) is 6. The molecule has 0 radical (unpaired) electrons. The molecule has 9 heterocycles. The first-order chi connectivity index (χ1) is 41.7. The van der Waals surface area contributed by atoms with Gasteiger partial charge in [0.1, 0.15) is 33.3 Å². The summed E-state index contributed by atoms with van der Waals surface area (Å²) in [7, 11) is 6.35. The first-order valence-corrected chi connectivity index (χ1v) is 29.9. The standard InChI is InChI=1S/2C25H24BN2O.C24H22BN2O/c1-17-16-27(4)24(14-21(17)19-10-6-5-7-11-19)28-18(2)25-20-12-8-9-13-22(20)29-23(25)15-26(28)3;1-17-14-24(27(4)16-22(17)19-10-6-5-7-11-19)28-18(2)25-21(15-26(28)3)20-12-8-9-13-23(20)29-25;1-17-24-20-11-7-8-12-21(20)28-22(24)16-25(2)27(17)23-15-19(13-14-26(23)3)18-9-5-4-6-10-18/h2*5-16H,1-4H3;4-16H,1-3H3/q3*+1. The van der Waals surface area contributed by atoms with Crippen molar-refractivity contribution in [2.45, 2.75) is 55.1 Å². The smallest absolute Gasteiger partial charge is 0.405 e. The maximum atomic E-state index is 6.25. The Hall–Kier alpha value is -9.80. The molecule has 0 N–H and O–H groups in total. The van der Waals surface area contributed by atoms with Crippen LogP contribution in [-0.4, -0.2) is 20.5 Å². The van der Waals surface area contributed by atoms with E-state index < -0.39 is 0 Å². The summed E-state index contributed by atoms with van der Waals surface area (Å²) >= 11 is 0. The summed E-state index contributed by atoms with van der Waals surface area (Å²) < 4.78 is 25.2. The average molecular weight is 1120 g/mol. The first kappa shape index (κ1) is 55.4. The molecule has 0 aliphatic carbocycles. The molecule has 12 heteroatoms. The quantitative estimate of drug-likeness (QED) is 0.122. The molecular weight excluding hydrogens is 1050 g/mol. The van der Waals surface area contributed by atoms with Crippen LogP contribution in [0.25, 0.3) is 101 Å². The topological polar surface area (TPSA) is 60.8 Å². The number of para-hydroxylation sites is 3. The molecule has 420 valence electrons. The van der Waals surface area contributed by atoms with Gasteiger partial charge in [-0.3, -0.25) is 14.4 Å². The summed E-state index contributed by atoms with van der Waals surface area (Å²) in [5.41, 5.74) is 19.3. The summed E-state index contributed by atoms with van der Waals surface area (Å²) in [4.78, 5) is 7.18. The lowest BCUT2D eigenvalue weighted by Crippen LogP contribution is -2.50. The second-order valence-corrected chi connectivity index (χ2v) is 23.3. The predicted octanol–water partition coefficient (Wildman–Crippen LogP) is 11.2. The molecule has 0 atom stereocenters. The Bertz CT molecular complexity index is 5020. The third-order valence-corrected chi connectivity index (χ3v) is 17.5. The Labute approximate surface area is 503 Å². The van der Waals surface area contributed by atoms with Crippen molar-refractivity contribution >= 4 is 106 Å². The zero-order valence-electron chi connectivity index (χ0n) is 51.0. The van der Waals surface area contributed by atoms with E-state index in [-0.39, 0.29) is 20.5 Å². The second kappa shape index (κ2) is 22.7. The highest BCUT2D eigenvalue weighted by molar-refractivity contribution is 6.78. The molecule has 0 unspecified atom stereocenters. The number of aromatic nitrogens is 3. The minimum atomic E-state index is 0.195. The van der Waals surface area contributed by atoms with Gasteiger partial charge in [0.05, 0.1) is 61.6 Å². The molecule has 6 aromatic carbocycles. The van der Waals surface area contributed by atoms with Gasteiger partial charge in [0, 0.05) is 45.1 Å². The lowest BCUT2D eigenvalue weighted by Gasteiger charge is -2.24. The van der Waals surface area contributed by atoms with Crippen LogP contribution in [0.4, 0.5) is 17.5 Å². The largest absolute Gasteiger partial charge is 0.457 e. The van der Waals surface area contributed by atoms with E-state index >= 15 is 0 Å². The van der Waals surface area contributed by atoms with Crippen molar-refractivity contribution in [2.24, 2.45) is 21.1 Å². The van der Waals surface area contributed by atoms with Crippen LogP contribution in [0.1, 0.15) is 31.9 Å². The van der Waals surface area contributed by atoms with Gasteiger partial charge in [-0.1, -0.05) is 152 Å². The van der Waals surface area contributed by atoms with Crippen LogP contribution in [0.15, 0.2) is 220 Å². The molecule has 86 heavy (non-hydrogen) atoms. The molecule has 3 aliphatic heterocycles. The molecule has 9 nitrogen and oxygen atoms in total. The van der Waals surface area contributed by atoms with Crippen molar-refractivity contribution in [3.63, 3.8) is 0 Å². The highest BCUT2D eigenvalue weighted by Crippen LogP contribution is 2.31. The van der Waals surface area contributed by atoms with Gasteiger partial charge in [0.2, 0.25) is 0 Å². The number of hydrogen-bond acceptors (Lipinski definition) is 6. The van der Waals surface area contributed by atoms with Crippen molar-refractivity contribution in [2.75, 3.05) is 14.4 Å². The zero-order valence-corrected chi connectivity index (χ0v) is 51.0. The third kappa shape index (κ3) is 9.92. The number of fused-ring (bicyclic) bond motifs is 9. The van der Waals surface area contributed by atoms with Crippen LogP contribution >= 0.6 is 0 Å². The van der Waals surface area contributed by atoms with E-state index in [0.29, 0.717) is 0 Å². The van der Waals surface area contributed by atoms with Gasteiger partial charge >= 0.3 is 20.5 Å². The minimum Gasteiger partial charge on any atom is -0.457 e. The van der Waals surface area contributed by atoms with E-state index in [2.05, 4.69) is 293 Å². The monoisotopic (exact) mass is 1120 g/mol. The van der Waals surface area contributed by atoms with Crippen LogP contribution < -0.4 is 60.0 Å². The molecule has 15 rings (SSSR count). The van der Waals surface area contributed by atoms with Gasteiger partial charge in [-0.05, 0) is 130 Å². The molecule has 0 saturated heterocycles. The Kier molecular flexibility index (Phi) is 14.6. The first-order valence-electron chi connectivity index (χ1n) is 29.9. The van der Waals surface area contributed by atoms with Crippen LogP contribution in [-0.2, 0) is 21.1 Å². The Balaban J connectivity index is 0.000000120. The fourth-order valence-electron chi connectivity index (χ4n) is 13.4. The van der Waals surface area contributed by atoms with Gasteiger partial charge < -0.3 is 13.3 Å². The number of furan rings is 3. The highest BCUT2D eigenvalue weighted by Gasteiger charge is 2.37. The summed E-state index contributed by atoms with van der Waals surface area (Å²) in [5.74, 6) is 10.3. The van der Waals surface area contributed by atoms with E-state index in [1.165, 1.54) is 99.4 Å². The van der Waals surface area contributed by atoms with Crippen LogP contribution in [0.3, 0.4) is 0 Å². The van der Waals surface area contributed by atoms with E-state index in [4.69, 9.17) is 13.3 Å². The summed E-state index contributed by atoms with van der Waals surface area (Å²) in [5, 5.41) is 7.13. The van der Waals surface area contributed by atoms with Crippen LogP contribution in [0, 0.1) is 13.8 Å². The van der Waals surface area contributed by atoms with E-state index in [1.54, 1.807) is 0 Å². The van der Waals surface area contributed by atoms with Crippen molar-refractivity contribution in [1.29, 1.82) is 0 Å². The molecular formula is C74H70B3N6O3+3. The number of anilines is 3. The van der Waals surface area contributed by atoms with Gasteiger partial charge in [0.15, 0.2) is 5.42 Å². The number of hydrogen-bond donors (Lipinski definition) is 0. The van der Waals surface area contributed by atoms with Crippen molar-refractivity contribution in [3.8, 4) is 33.4 Å². The fraction of sp³-hybridized carbons (Fsp3) is 0.149. The summed E-state index contributed by atoms with van der Waals surface area (Å²) in [6.07, 6.45) is 6.59. The van der Waals surface area contributed by atoms with Gasteiger partial charge in [0.25, 0.3) is 17.5 Å². The molecule has 0 fully saturated rings. The Morgan fingerprint density at radius 3 is 1.35 bits per heavy atom. The minimum absolute atomic E-state index is 0.195. The predicted molar refractivity (Wildman–Crippen MR) is 358 cm³/mol. The van der Waals surface area contributed by atoms with E-state index in [1.807, 2.05) is 36.4 Å². The average Bonchev–Trinajstić information content (AvgIpc) is 1.71. The van der Waals surface area contributed by atoms with Crippen LogP contribution in [0.2, 0.25) is 20.5 Å². The SMILES string of the molecule is CB1C=c2c(oc3ccccc23)=C(C)N1c1cc(C)c(-c2ccccc2)c[n+]1C.CB1C=c2oc3ccccc3c2=C(C)N1c1cc(-c2ccccc2)c(C)c[n+]1C.CB1C=c2oc3ccccc3c2=C(C)N1c1cc(-c2ccccc2)cc[n+]1C. The number of pyridine rings is 3. The molecule has 0 bridgehead atoms. The van der Waals surface area contributed by atoms with Gasteiger partial charge in [-0.25, -0.2) is 13.7 Å². The number of aryl methyl sites for hydroxylation is 5. The summed E-state index contributed by atoms with van der Waals surface area (Å²) in [6, 6.07) is 65.6. The van der Waals surface area contributed by atoms with E-state index in [9.17, 15) is 0 Å². The Morgan fingerprint density at radius 2 is 0.791 bits per heavy atom. The maximum Gasteiger partial charge on any atom is 0.405 e. The lowest BCUT2D eigenvalue weighted by molar-refractivity contribution is -0.658.